The van der Waals surface area contributed by atoms with E-state index in [-0.39, 0.29) is 11.4 Å². The van der Waals surface area contributed by atoms with Crippen LogP contribution in [0.1, 0.15) is 26.7 Å². The molecule has 0 spiro atoms. The van der Waals surface area contributed by atoms with Crippen LogP contribution in [0.5, 0.6) is 0 Å². The van der Waals surface area contributed by atoms with E-state index in [1.54, 1.807) is 26.1 Å². The molecule has 2 heterocycles. The predicted molar refractivity (Wildman–Crippen MR) is 67.1 cm³/mol. The topological polar surface area (TPSA) is 97.1 Å². The number of anilines is 1. The number of nitrogens with one attached hydrogen (secondary N) is 1. The fraction of sp³-hybridized carbons (Fsp3) is 0.167. The van der Waals surface area contributed by atoms with Crippen molar-refractivity contribution >= 4 is 17.6 Å². The smallest absolute Gasteiger partial charge is 0.356 e. The van der Waals surface area contributed by atoms with Crippen LogP contribution < -0.4 is 5.32 Å². The van der Waals surface area contributed by atoms with Crippen LogP contribution in [-0.2, 0) is 7.05 Å². The molecule has 0 unspecified atom stereocenters. The van der Waals surface area contributed by atoms with E-state index in [0.717, 1.165) is 0 Å². The van der Waals surface area contributed by atoms with Crippen LogP contribution in [0.2, 0.25) is 0 Å². The molecule has 0 saturated heterocycles. The number of hydrogen-bond donors (Lipinski definition) is 2. The lowest BCUT2D eigenvalue weighted by atomic mass is 10.2. The Morgan fingerprint density at radius 1 is 1.42 bits per heavy atom. The second-order valence-corrected chi connectivity index (χ2v) is 3.95. The van der Waals surface area contributed by atoms with Gasteiger partial charge in [0, 0.05) is 13.2 Å². The molecule has 1 amide bonds. The number of amides is 1. The molecule has 0 fully saturated rings. The molecular formula is C12H12N4O3. The molecule has 2 N–H and O–H groups in total. The minimum Gasteiger partial charge on any atom is -0.476 e. The number of carbonyl (C=O) groups excluding carboxylic acids is 1. The summed E-state index contributed by atoms with van der Waals surface area (Å²) in [4.78, 5) is 26.7. The van der Waals surface area contributed by atoms with Crippen LogP contribution >= 0.6 is 0 Å². The molecule has 98 valence electrons. The van der Waals surface area contributed by atoms with Gasteiger partial charge in [0.2, 0.25) is 0 Å². The Balaban J connectivity index is 2.29. The normalized spacial score (nSPS) is 10.2. The summed E-state index contributed by atoms with van der Waals surface area (Å²) in [5.41, 5.74) is 1.00. The monoisotopic (exact) mass is 260 g/mol. The van der Waals surface area contributed by atoms with Gasteiger partial charge in [0.1, 0.15) is 5.69 Å². The minimum atomic E-state index is -1.20. The van der Waals surface area contributed by atoms with Gasteiger partial charge in [-0.15, -0.1) is 0 Å². The number of carboxylic acid groups (broad SMARTS) is 1. The zero-order chi connectivity index (χ0) is 14.0. The van der Waals surface area contributed by atoms with E-state index < -0.39 is 11.9 Å². The number of nitrogens with zero attached hydrogens (tertiary/aromatic N) is 3. The Morgan fingerprint density at radius 2 is 2.16 bits per heavy atom. The molecule has 0 radical (unpaired) electrons. The first-order chi connectivity index (χ1) is 8.99. The van der Waals surface area contributed by atoms with Crippen LogP contribution in [0.4, 0.5) is 5.69 Å². The summed E-state index contributed by atoms with van der Waals surface area (Å²) in [5.74, 6) is -1.63. The lowest BCUT2D eigenvalue weighted by Gasteiger charge is -2.07. The number of rotatable bonds is 3. The molecule has 7 nitrogen and oxygen atoms in total. The Hall–Kier alpha value is -2.70. The first kappa shape index (κ1) is 12.7. The number of hydrogen-bond acceptors (Lipinski definition) is 4. The molecule has 2 aromatic rings. The second kappa shape index (κ2) is 4.89. The van der Waals surface area contributed by atoms with Gasteiger partial charge in [-0.2, -0.15) is 5.10 Å². The summed E-state index contributed by atoms with van der Waals surface area (Å²) < 4.78 is 1.43. The molecule has 2 rings (SSSR count). The number of aryl methyl sites for hydroxylation is 2. The van der Waals surface area contributed by atoms with Crippen molar-refractivity contribution in [3.8, 4) is 0 Å². The third-order valence-corrected chi connectivity index (χ3v) is 2.49. The van der Waals surface area contributed by atoms with Gasteiger partial charge in [0.25, 0.3) is 5.91 Å². The van der Waals surface area contributed by atoms with E-state index in [9.17, 15) is 9.59 Å². The lowest BCUT2D eigenvalue weighted by Crippen LogP contribution is -2.18. The standard InChI is InChI=1S/C12H12N4O3/c1-7-6-9(16(2)15-7)11(17)14-8-4-3-5-13-10(8)12(18)19/h3-6H,1-2H3,(H,14,17)(H,18,19). The van der Waals surface area contributed by atoms with E-state index in [1.165, 1.54) is 16.9 Å². The van der Waals surface area contributed by atoms with Crippen LogP contribution in [-0.4, -0.2) is 31.7 Å². The zero-order valence-corrected chi connectivity index (χ0v) is 10.4. The molecule has 7 heteroatoms. The molecule has 0 aromatic carbocycles. The third kappa shape index (κ3) is 2.59. The summed E-state index contributed by atoms with van der Waals surface area (Å²) in [6.07, 6.45) is 1.35. The summed E-state index contributed by atoms with van der Waals surface area (Å²) in [6, 6.07) is 4.65. The van der Waals surface area contributed by atoms with Gasteiger partial charge in [-0.25, -0.2) is 9.78 Å². The van der Waals surface area contributed by atoms with Crippen LogP contribution in [0, 0.1) is 6.92 Å². The van der Waals surface area contributed by atoms with Gasteiger partial charge in [0.05, 0.1) is 11.4 Å². The largest absolute Gasteiger partial charge is 0.476 e. The summed E-state index contributed by atoms with van der Waals surface area (Å²) >= 11 is 0. The van der Waals surface area contributed by atoms with Crippen molar-refractivity contribution in [2.75, 3.05) is 5.32 Å². The van der Waals surface area contributed by atoms with E-state index in [0.29, 0.717) is 11.4 Å². The highest BCUT2D eigenvalue weighted by atomic mass is 16.4. The van der Waals surface area contributed by atoms with Crippen molar-refractivity contribution in [3.05, 3.63) is 41.5 Å². The molecule has 2 aromatic heterocycles. The molecule has 0 saturated carbocycles. The van der Waals surface area contributed by atoms with Crippen molar-refractivity contribution in [1.29, 1.82) is 0 Å². The average Bonchev–Trinajstić information content (AvgIpc) is 2.69. The van der Waals surface area contributed by atoms with Crippen molar-refractivity contribution in [2.24, 2.45) is 7.05 Å². The van der Waals surface area contributed by atoms with Gasteiger partial charge in [0.15, 0.2) is 5.69 Å². The Bertz CT molecular complexity index is 648. The van der Waals surface area contributed by atoms with E-state index in [2.05, 4.69) is 15.4 Å². The molecule has 0 aliphatic heterocycles. The third-order valence-electron chi connectivity index (χ3n) is 2.49. The zero-order valence-electron chi connectivity index (χ0n) is 10.4. The molecule has 19 heavy (non-hydrogen) atoms. The molecule has 0 bridgehead atoms. The number of aromatic carboxylic acids is 1. The molecule has 0 aliphatic rings. The summed E-state index contributed by atoms with van der Waals surface area (Å²) in [5, 5.41) is 15.6. The maximum atomic E-state index is 12.0. The molecule has 0 aliphatic carbocycles. The highest BCUT2D eigenvalue weighted by Gasteiger charge is 2.16. The number of aromatic nitrogens is 3. The average molecular weight is 260 g/mol. The van der Waals surface area contributed by atoms with Crippen molar-refractivity contribution in [3.63, 3.8) is 0 Å². The first-order valence-electron chi connectivity index (χ1n) is 5.49. The summed E-state index contributed by atoms with van der Waals surface area (Å²) in [6.45, 7) is 1.77. The summed E-state index contributed by atoms with van der Waals surface area (Å²) in [7, 11) is 1.64. The van der Waals surface area contributed by atoms with E-state index in [4.69, 9.17) is 5.11 Å². The SMILES string of the molecule is Cc1cc(C(=O)Nc2cccnc2C(=O)O)n(C)n1. The Labute approximate surface area is 108 Å². The maximum absolute atomic E-state index is 12.0. The van der Waals surface area contributed by atoms with Gasteiger partial charge < -0.3 is 10.4 Å². The van der Waals surface area contributed by atoms with Gasteiger partial charge in [-0.3, -0.25) is 9.48 Å². The predicted octanol–water partition coefficient (Wildman–Crippen LogP) is 1.07. The van der Waals surface area contributed by atoms with Crippen LogP contribution in [0.25, 0.3) is 0 Å². The number of pyridine rings is 1. The molecular weight excluding hydrogens is 248 g/mol. The minimum absolute atomic E-state index is 0.152. The van der Waals surface area contributed by atoms with E-state index in [1.807, 2.05) is 0 Å². The van der Waals surface area contributed by atoms with Crippen LogP contribution in [0.15, 0.2) is 24.4 Å². The fourth-order valence-corrected chi connectivity index (χ4v) is 1.69. The van der Waals surface area contributed by atoms with Crippen molar-refractivity contribution < 1.29 is 14.7 Å². The van der Waals surface area contributed by atoms with Gasteiger partial charge >= 0.3 is 5.97 Å². The van der Waals surface area contributed by atoms with Crippen molar-refractivity contribution in [2.45, 2.75) is 6.92 Å². The quantitative estimate of drug-likeness (QED) is 0.860. The fourth-order valence-electron chi connectivity index (χ4n) is 1.69. The Morgan fingerprint density at radius 3 is 2.74 bits per heavy atom. The van der Waals surface area contributed by atoms with E-state index >= 15 is 0 Å². The second-order valence-electron chi connectivity index (χ2n) is 3.95. The molecule has 0 atom stereocenters. The highest BCUT2D eigenvalue weighted by Crippen LogP contribution is 2.14. The first-order valence-corrected chi connectivity index (χ1v) is 5.49. The lowest BCUT2D eigenvalue weighted by molar-refractivity contribution is 0.0692. The highest BCUT2D eigenvalue weighted by molar-refractivity contribution is 6.06. The Kier molecular flexibility index (Phi) is 3.28. The number of carbonyl (C=O) groups is 2. The number of carboxylic acids is 1. The van der Waals surface area contributed by atoms with Gasteiger partial charge in [-0.05, 0) is 25.1 Å². The van der Waals surface area contributed by atoms with Crippen molar-refractivity contribution in [1.82, 2.24) is 14.8 Å². The maximum Gasteiger partial charge on any atom is 0.356 e. The van der Waals surface area contributed by atoms with Gasteiger partial charge in [-0.1, -0.05) is 0 Å². The van der Waals surface area contributed by atoms with Crippen LogP contribution in [0.3, 0.4) is 0 Å².